The normalized spacial score (nSPS) is 12.2. The molecular weight excluding hydrogens is 286 g/mol. The maximum Gasteiger partial charge on any atom is 0.277 e. The lowest BCUT2D eigenvalue weighted by Crippen LogP contribution is -2.22. The van der Waals surface area contributed by atoms with Crippen LogP contribution in [0.2, 0.25) is 0 Å². The van der Waals surface area contributed by atoms with Crippen molar-refractivity contribution in [2.45, 2.75) is 39.5 Å². The Labute approximate surface area is 125 Å². The van der Waals surface area contributed by atoms with Gasteiger partial charge in [-0.1, -0.05) is 25.9 Å². The first-order valence-corrected chi connectivity index (χ1v) is 6.82. The molecule has 0 unspecified atom stereocenters. The number of aromatic amines is 1. The fourth-order valence-corrected chi connectivity index (χ4v) is 2.06. The van der Waals surface area contributed by atoms with Crippen molar-refractivity contribution >= 4 is 11.7 Å². The summed E-state index contributed by atoms with van der Waals surface area (Å²) in [6.07, 6.45) is 0.235. The van der Waals surface area contributed by atoms with Gasteiger partial charge in [-0.15, -0.1) is 0 Å². The van der Waals surface area contributed by atoms with Crippen molar-refractivity contribution < 1.29 is 4.52 Å². The molecule has 0 bridgehead atoms. The zero-order valence-corrected chi connectivity index (χ0v) is 12.8. The molecule has 0 saturated carbocycles. The number of anilines is 1. The van der Waals surface area contributed by atoms with Gasteiger partial charge >= 0.3 is 0 Å². The number of fused-ring (bicyclic) bond motifs is 1. The van der Waals surface area contributed by atoms with Gasteiger partial charge in [0, 0.05) is 17.4 Å². The van der Waals surface area contributed by atoms with E-state index in [9.17, 15) is 4.79 Å². The van der Waals surface area contributed by atoms with Gasteiger partial charge in [-0.25, -0.2) is 4.98 Å². The van der Waals surface area contributed by atoms with Crippen molar-refractivity contribution in [1.82, 2.24) is 29.7 Å². The number of aryl methyl sites for hydroxylation is 1. The summed E-state index contributed by atoms with van der Waals surface area (Å²) in [5, 5.41) is 6.59. The summed E-state index contributed by atoms with van der Waals surface area (Å²) in [7, 11) is 0. The van der Waals surface area contributed by atoms with E-state index in [1.165, 1.54) is 4.52 Å². The molecule has 3 rings (SSSR count). The largest absolute Gasteiger partial charge is 0.368 e. The predicted molar refractivity (Wildman–Crippen MR) is 78.6 cm³/mol. The minimum atomic E-state index is -0.270. The van der Waals surface area contributed by atoms with Crippen LogP contribution in [0.5, 0.6) is 0 Å². The highest BCUT2D eigenvalue weighted by atomic mass is 16.5. The van der Waals surface area contributed by atoms with Crippen molar-refractivity contribution in [2.75, 3.05) is 5.73 Å². The van der Waals surface area contributed by atoms with Crippen molar-refractivity contribution in [3.8, 4) is 0 Å². The van der Waals surface area contributed by atoms with Crippen LogP contribution in [0.25, 0.3) is 5.78 Å². The summed E-state index contributed by atoms with van der Waals surface area (Å²) in [6, 6.07) is 0. The number of hydrogen-bond acceptors (Lipinski definition) is 7. The highest BCUT2D eigenvalue weighted by Crippen LogP contribution is 2.20. The molecule has 0 fully saturated rings. The smallest absolute Gasteiger partial charge is 0.277 e. The standard InChI is InChI=1S/C13H17N7O2/c1-6-7(5-8-16-10(22-19-8)13(2,3)4)9(21)20-12(15-6)17-11(14)18-20/h5H2,1-4H3,(H3,14,15,17,18). The highest BCUT2D eigenvalue weighted by molar-refractivity contribution is 5.37. The monoisotopic (exact) mass is 303 g/mol. The van der Waals surface area contributed by atoms with Gasteiger partial charge in [0.15, 0.2) is 5.82 Å². The molecule has 0 spiro atoms. The Morgan fingerprint density at radius 1 is 1.27 bits per heavy atom. The topological polar surface area (TPSA) is 128 Å². The lowest BCUT2D eigenvalue weighted by molar-refractivity contribution is 0.318. The van der Waals surface area contributed by atoms with Crippen molar-refractivity contribution in [3.63, 3.8) is 0 Å². The molecule has 3 aromatic rings. The molecule has 3 N–H and O–H groups in total. The summed E-state index contributed by atoms with van der Waals surface area (Å²) >= 11 is 0. The SMILES string of the molecule is Cc1nc2nc(N)[nH]n2c(=O)c1Cc1noc(C(C)(C)C)n1. The Morgan fingerprint density at radius 3 is 2.64 bits per heavy atom. The third-order valence-electron chi connectivity index (χ3n) is 3.26. The summed E-state index contributed by atoms with van der Waals surface area (Å²) in [5.74, 6) is 1.35. The van der Waals surface area contributed by atoms with E-state index in [1.54, 1.807) is 6.92 Å². The van der Waals surface area contributed by atoms with Gasteiger partial charge in [-0.2, -0.15) is 14.5 Å². The molecule has 9 heteroatoms. The quantitative estimate of drug-likeness (QED) is 0.708. The summed E-state index contributed by atoms with van der Waals surface area (Å²) in [4.78, 5) is 25.0. The lowest BCUT2D eigenvalue weighted by atomic mass is 9.97. The molecule has 0 aliphatic carbocycles. The molecule has 0 aromatic carbocycles. The molecule has 22 heavy (non-hydrogen) atoms. The van der Waals surface area contributed by atoms with Crippen LogP contribution in [0.4, 0.5) is 5.95 Å². The number of H-pyrrole nitrogens is 1. The van der Waals surface area contributed by atoms with Gasteiger partial charge in [0.2, 0.25) is 11.8 Å². The van der Waals surface area contributed by atoms with Crippen LogP contribution in [0.3, 0.4) is 0 Å². The zero-order chi connectivity index (χ0) is 16.1. The highest BCUT2D eigenvalue weighted by Gasteiger charge is 2.23. The first-order chi connectivity index (χ1) is 10.3. The second-order valence-electron chi connectivity index (χ2n) is 6.17. The van der Waals surface area contributed by atoms with Crippen LogP contribution >= 0.6 is 0 Å². The second kappa shape index (κ2) is 4.65. The average molecular weight is 303 g/mol. The Kier molecular flexibility index (Phi) is 3.01. The van der Waals surface area contributed by atoms with Crippen LogP contribution < -0.4 is 11.3 Å². The fourth-order valence-electron chi connectivity index (χ4n) is 2.06. The van der Waals surface area contributed by atoms with Gasteiger partial charge in [-0.05, 0) is 6.92 Å². The number of rotatable bonds is 2. The summed E-state index contributed by atoms with van der Waals surface area (Å²) in [6.45, 7) is 7.68. The van der Waals surface area contributed by atoms with E-state index in [1.807, 2.05) is 20.8 Å². The Balaban J connectivity index is 2.04. The second-order valence-corrected chi connectivity index (χ2v) is 6.17. The molecule has 0 radical (unpaired) electrons. The van der Waals surface area contributed by atoms with E-state index >= 15 is 0 Å². The number of nitrogens with zero attached hydrogens (tertiary/aromatic N) is 5. The Bertz CT molecular complexity index is 897. The van der Waals surface area contributed by atoms with Crippen LogP contribution in [-0.2, 0) is 11.8 Å². The molecule has 3 aromatic heterocycles. The number of nitrogens with one attached hydrogen (secondary N) is 1. The van der Waals surface area contributed by atoms with E-state index in [2.05, 4.69) is 25.2 Å². The third-order valence-corrected chi connectivity index (χ3v) is 3.26. The number of hydrogen-bond donors (Lipinski definition) is 2. The lowest BCUT2D eigenvalue weighted by Gasteiger charge is -2.10. The molecule has 3 heterocycles. The zero-order valence-electron chi connectivity index (χ0n) is 12.8. The summed E-state index contributed by atoms with van der Waals surface area (Å²) < 4.78 is 6.45. The van der Waals surface area contributed by atoms with Crippen molar-refractivity contribution in [1.29, 1.82) is 0 Å². The van der Waals surface area contributed by atoms with Crippen LogP contribution in [0.15, 0.2) is 9.32 Å². The molecule has 9 nitrogen and oxygen atoms in total. The number of nitrogen functional groups attached to an aromatic ring is 1. The minimum absolute atomic E-state index is 0.135. The van der Waals surface area contributed by atoms with Gasteiger partial charge in [0.05, 0.1) is 5.69 Å². The molecule has 0 aliphatic heterocycles. The summed E-state index contributed by atoms with van der Waals surface area (Å²) in [5.41, 5.74) is 6.09. The molecule has 0 aliphatic rings. The molecule has 0 atom stereocenters. The molecule has 0 saturated heterocycles. The Morgan fingerprint density at radius 2 is 2.00 bits per heavy atom. The van der Waals surface area contributed by atoms with Gasteiger partial charge in [0.1, 0.15) is 0 Å². The van der Waals surface area contributed by atoms with Crippen molar-refractivity contribution in [2.24, 2.45) is 0 Å². The maximum atomic E-state index is 12.5. The first kappa shape index (κ1) is 14.2. The Hall–Kier alpha value is -2.71. The van der Waals surface area contributed by atoms with E-state index < -0.39 is 0 Å². The predicted octanol–water partition coefficient (Wildman–Crippen LogP) is 0.580. The van der Waals surface area contributed by atoms with Gasteiger partial charge in [-0.3, -0.25) is 9.89 Å². The van der Waals surface area contributed by atoms with Crippen LogP contribution in [0, 0.1) is 6.92 Å². The minimum Gasteiger partial charge on any atom is -0.368 e. The molecule has 0 amide bonds. The van der Waals surface area contributed by atoms with E-state index in [-0.39, 0.29) is 29.1 Å². The van der Waals surface area contributed by atoms with Gasteiger partial charge in [0.25, 0.3) is 11.3 Å². The van der Waals surface area contributed by atoms with E-state index in [0.717, 1.165) is 0 Å². The fraction of sp³-hybridized carbons (Fsp3) is 0.462. The van der Waals surface area contributed by atoms with Crippen LogP contribution in [-0.4, -0.2) is 29.7 Å². The first-order valence-electron chi connectivity index (χ1n) is 6.82. The average Bonchev–Trinajstić information content (AvgIpc) is 3.00. The third kappa shape index (κ3) is 2.34. The number of aromatic nitrogens is 6. The van der Waals surface area contributed by atoms with Crippen molar-refractivity contribution in [3.05, 3.63) is 33.3 Å². The van der Waals surface area contributed by atoms with Crippen LogP contribution in [0.1, 0.15) is 43.7 Å². The molecule has 116 valence electrons. The van der Waals surface area contributed by atoms with E-state index in [0.29, 0.717) is 23.0 Å². The maximum absolute atomic E-state index is 12.5. The van der Waals surface area contributed by atoms with E-state index in [4.69, 9.17) is 10.3 Å². The van der Waals surface area contributed by atoms with Gasteiger partial charge < -0.3 is 10.3 Å². The number of nitrogens with two attached hydrogens (primary N) is 1. The molecular formula is C13H17N7O2.